The van der Waals surface area contributed by atoms with Gasteiger partial charge in [-0.25, -0.2) is 9.03 Å². The summed E-state index contributed by atoms with van der Waals surface area (Å²) in [7, 11) is 0. The summed E-state index contributed by atoms with van der Waals surface area (Å²) in [5, 5.41) is 9.63. The molecule has 1 aromatic rings. The van der Waals surface area contributed by atoms with Crippen molar-refractivity contribution in [3.05, 3.63) is 34.4 Å². The summed E-state index contributed by atoms with van der Waals surface area (Å²) in [5.41, 5.74) is 5.02. The summed E-state index contributed by atoms with van der Waals surface area (Å²) >= 11 is 1.78. The summed E-state index contributed by atoms with van der Waals surface area (Å²) in [5.74, 6) is 2.17. The van der Waals surface area contributed by atoms with Gasteiger partial charge in [0.15, 0.2) is 0 Å². The van der Waals surface area contributed by atoms with Crippen LogP contribution in [-0.2, 0) is 6.54 Å². The van der Waals surface area contributed by atoms with Gasteiger partial charge >= 0.3 is 0 Å². The van der Waals surface area contributed by atoms with E-state index in [1.54, 1.807) is 12.1 Å². The van der Waals surface area contributed by atoms with E-state index < -0.39 is 0 Å². The van der Waals surface area contributed by atoms with Crippen LogP contribution in [0.3, 0.4) is 0 Å². The molecule has 24 heavy (non-hydrogen) atoms. The Kier molecular flexibility index (Phi) is 4.85. The van der Waals surface area contributed by atoms with Crippen molar-refractivity contribution in [2.75, 3.05) is 13.1 Å². The minimum absolute atomic E-state index is 0.647. The molecule has 0 bridgehead atoms. The topological polar surface area (TPSA) is 39.1 Å². The quantitative estimate of drug-likeness (QED) is 0.761. The maximum Gasteiger partial charge on any atom is 0.0997 e. The summed E-state index contributed by atoms with van der Waals surface area (Å²) in [4.78, 5) is 0. The van der Waals surface area contributed by atoms with Crippen LogP contribution >= 0.6 is 12.1 Å². The van der Waals surface area contributed by atoms with E-state index in [0.717, 1.165) is 18.0 Å². The third kappa shape index (κ3) is 3.79. The van der Waals surface area contributed by atoms with Crippen LogP contribution < -0.4 is 4.72 Å². The molecule has 0 spiro atoms. The molecule has 3 nitrogen and oxygen atoms in total. The molecule has 0 amide bonds. The monoisotopic (exact) mass is 341 g/mol. The highest BCUT2D eigenvalue weighted by Crippen LogP contribution is 2.47. The Morgan fingerprint density at radius 3 is 2.17 bits per heavy atom. The maximum absolute atomic E-state index is 9.63. The number of hydrogen-bond donors (Lipinski definition) is 1. The average Bonchev–Trinajstić information content (AvgIpc) is 3.49. The van der Waals surface area contributed by atoms with E-state index >= 15 is 0 Å². The lowest BCUT2D eigenvalue weighted by atomic mass is 9.93. The SMILES string of the molecule is CC1CCN(SNCc2cc(C3CC3)c(C#N)c(C3CC3)c2)CC1. The fourth-order valence-electron chi connectivity index (χ4n) is 3.70. The van der Waals surface area contributed by atoms with Gasteiger partial charge < -0.3 is 0 Å². The minimum Gasteiger partial charge on any atom is -0.246 e. The van der Waals surface area contributed by atoms with Crippen molar-refractivity contribution in [1.29, 1.82) is 5.26 Å². The Labute approximate surface area is 150 Å². The fraction of sp³-hybridized carbons (Fsp3) is 0.650. The zero-order valence-corrected chi connectivity index (χ0v) is 15.4. The molecule has 2 aliphatic carbocycles. The smallest absolute Gasteiger partial charge is 0.0997 e. The normalized spacial score (nSPS) is 22.5. The van der Waals surface area contributed by atoms with Gasteiger partial charge in [0.25, 0.3) is 0 Å². The molecule has 1 saturated heterocycles. The number of piperidine rings is 1. The Balaban J connectivity index is 1.42. The van der Waals surface area contributed by atoms with Gasteiger partial charge in [-0.3, -0.25) is 0 Å². The fourth-order valence-corrected chi connectivity index (χ4v) is 4.51. The number of hydrogen-bond acceptors (Lipinski definition) is 4. The second-order valence-corrected chi connectivity index (χ2v) is 8.82. The molecule has 3 fully saturated rings. The largest absolute Gasteiger partial charge is 0.246 e. The molecule has 3 aliphatic rings. The lowest BCUT2D eigenvalue weighted by Gasteiger charge is -2.28. The number of nitriles is 1. The van der Waals surface area contributed by atoms with Crippen LogP contribution in [0, 0.1) is 17.2 Å². The minimum atomic E-state index is 0.647. The van der Waals surface area contributed by atoms with Crippen molar-refractivity contribution in [3.8, 4) is 6.07 Å². The molecule has 4 heteroatoms. The molecule has 0 atom stereocenters. The van der Waals surface area contributed by atoms with Gasteiger partial charge in [0.05, 0.1) is 11.6 Å². The standard InChI is InChI=1S/C20H27N3S/c1-14-6-8-23(9-7-14)24-22-13-15-10-18(16-2-3-16)20(12-21)19(11-15)17-4-5-17/h10-11,14,16-17,22H,2-9,13H2,1H3. The predicted octanol–water partition coefficient (Wildman–Crippen LogP) is 4.70. The van der Waals surface area contributed by atoms with Gasteiger partial charge in [0.1, 0.15) is 0 Å². The Morgan fingerprint density at radius 2 is 1.67 bits per heavy atom. The summed E-state index contributed by atoms with van der Waals surface area (Å²) < 4.78 is 6.01. The van der Waals surface area contributed by atoms with Crippen LogP contribution in [0.5, 0.6) is 0 Å². The summed E-state index contributed by atoms with van der Waals surface area (Å²) in [6.07, 6.45) is 7.66. The molecule has 0 aromatic heterocycles. The van der Waals surface area contributed by atoms with E-state index in [-0.39, 0.29) is 0 Å². The zero-order valence-electron chi connectivity index (χ0n) is 14.6. The summed E-state index contributed by atoms with van der Waals surface area (Å²) in [6.45, 7) is 5.62. The highest BCUT2D eigenvalue weighted by Gasteiger charge is 2.32. The number of nitrogens with zero attached hydrogens (tertiary/aromatic N) is 2. The third-order valence-corrected chi connectivity index (χ3v) is 6.51. The molecular weight excluding hydrogens is 314 g/mol. The van der Waals surface area contributed by atoms with Crippen molar-refractivity contribution < 1.29 is 0 Å². The van der Waals surface area contributed by atoms with Crippen molar-refractivity contribution >= 4 is 12.1 Å². The van der Waals surface area contributed by atoms with Crippen LogP contribution in [0.15, 0.2) is 12.1 Å². The zero-order chi connectivity index (χ0) is 16.5. The van der Waals surface area contributed by atoms with Crippen LogP contribution in [0.2, 0.25) is 0 Å². The van der Waals surface area contributed by atoms with Crippen molar-refractivity contribution in [2.24, 2.45) is 5.92 Å². The van der Waals surface area contributed by atoms with E-state index in [4.69, 9.17) is 0 Å². The highest BCUT2D eigenvalue weighted by molar-refractivity contribution is 7.95. The Morgan fingerprint density at radius 1 is 1.08 bits per heavy atom. The highest BCUT2D eigenvalue weighted by atomic mass is 32.2. The lowest BCUT2D eigenvalue weighted by Crippen LogP contribution is -2.30. The van der Waals surface area contributed by atoms with Crippen molar-refractivity contribution in [1.82, 2.24) is 9.03 Å². The maximum atomic E-state index is 9.63. The molecule has 1 heterocycles. The molecule has 128 valence electrons. The van der Waals surface area contributed by atoms with Crippen molar-refractivity contribution in [3.63, 3.8) is 0 Å². The van der Waals surface area contributed by atoms with Crippen molar-refractivity contribution in [2.45, 2.75) is 63.8 Å². The van der Waals surface area contributed by atoms with Gasteiger partial charge in [-0.05, 0) is 73.0 Å². The van der Waals surface area contributed by atoms with Crippen LogP contribution in [-0.4, -0.2) is 17.4 Å². The van der Waals surface area contributed by atoms with Crippen LogP contribution in [0.4, 0.5) is 0 Å². The van der Waals surface area contributed by atoms with Crippen LogP contribution in [0.1, 0.15) is 79.5 Å². The first-order valence-corrected chi connectivity index (χ1v) is 10.2. The number of nitrogens with one attached hydrogen (secondary N) is 1. The number of benzene rings is 1. The van der Waals surface area contributed by atoms with Gasteiger partial charge in [-0.2, -0.15) is 5.26 Å². The molecule has 4 rings (SSSR count). The van der Waals surface area contributed by atoms with Gasteiger partial charge in [0, 0.05) is 31.8 Å². The molecule has 1 aromatic carbocycles. The number of rotatable bonds is 6. The molecular formula is C20H27N3S. The molecule has 1 N–H and O–H groups in total. The molecule has 2 saturated carbocycles. The van der Waals surface area contributed by atoms with Gasteiger partial charge in [0.2, 0.25) is 0 Å². The lowest BCUT2D eigenvalue weighted by molar-refractivity contribution is 0.307. The first-order chi connectivity index (χ1) is 11.7. The summed E-state index contributed by atoms with van der Waals surface area (Å²) in [6, 6.07) is 7.11. The predicted molar refractivity (Wildman–Crippen MR) is 99.5 cm³/mol. The van der Waals surface area contributed by atoms with Crippen LogP contribution in [0.25, 0.3) is 0 Å². The second-order valence-electron chi connectivity index (χ2n) is 7.83. The van der Waals surface area contributed by atoms with Gasteiger partial charge in [-0.1, -0.05) is 19.1 Å². The first-order valence-electron chi connectivity index (χ1n) is 9.46. The molecule has 1 aliphatic heterocycles. The van der Waals surface area contributed by atoms with E-state index in [2.05, 4.69) is 34.2 Å². The first kappa shape index (κ1) is 16.4. The average molecular weight is 342 g/mol. The Hall–Kier alpha value is -1.02. The van der Waals surface area contributed by atoms with E-state index in [9.17, 15) is 5.26 Å². The van der Waals surface area contributed by atoms with E-state index in [1.807, 2.05) is 0 Å². The molecule has 0 unspecified atom stereocenters. The Bertz CT molecular complexity index is 602. The third-order valence-electron chi connectivity index (χ3n) is 5.62. The van der Waals surface area contributed by atoms with E-state index in [1.165, 1.54) is 68.3 Å². The van der Waals surface area contributed by atoms with E-state index in [0.29, 0.717) is 11.8 Å². The molecule has 0 radical (unpaired) electrons. The van der Waals surface area contributed by atoms with Gasteiger partial charge in [-0.15, -0.1) is 0 Å². The second kappa shape index (κ2) is 7.07.